The number of benzene rings is 2. The van der Waals surface area contributed by atoms with Crippen molar-refractivity contribution in [1.82, 2.24) is 10.2 Å². The molecule has 1 N–H and O–H groups in total. The maximum absolute atomic E-state index is 13.0. The van der Waals surface area contributed by atoms with Gasteiger partial charge in [0.25, 0.3) is 5.69 Å². The van der Waals surface area contributed by atoms with E-state index in [4.69, 9.17) is 4.74 Å². The molecule has 0 radical (unpaired) electrons. The van der Waals surface area contributed by atoms with Crippen LogP contribution >= 0.6 is 0 Å². The van der Waals surface area contributed by atoms with Gasteiger partial charge in [-0.1, -0.05) is 42.5 Å². The fourth-order valence-corrected chi connectivity index (χ4v) is 3.74. The molecule has 7 heteroatoms. The average Bonchev–Trinajstić information content (AvgIpc) is 2.78. The van der Waals surface area contributed by atoms with E-state index in [2.05, 4.69) is 5.32 Å². The Labute approximate surface area is 177 Å². The smallest absolute Gasteiger partial charge is 0.269 e. The van der Waals surface area contributed by atoms with Crippen LogP contribution in [0, 0.1) is 10.1 Å². The number of piperidine rings is 1. The van der Waals surface area contributed by atoms with Crippen LogP contribution < -0.4 is 5.32 Å². The van der Waals surface area contributed by atoms with Gasteiger partial charge in [0.15, 0.2) is 0 Å². The molecule has 1 amide bonds. The van der Waals surface area contributed by atoms with Gasteiger partial charge in [0.1, 0.15) is 0 Å². The van der Waals surface area contributed by atoms with Crippen molar-refractivity contribution < 1.29 is 14.5 Å². The lowest BCUT2D eigenvalue weighted by atomic mass is 10.0. The van der Waals surface area contributed by atoms with Gasteiger partial charge in [-0.3, -0.25) is 14.9 Å². The Morgan fingerprint density at radius 2 is 1.97 bits per heavy atom. The van der Waals surface area contributed by atoms with E-state index in [1.165, 1.54) is 12.1 Å². The number of hydrogen-bond donors (Lipinski definition) is 1. The van der Waals surface area contributed by atoms with Crippen LogP contribution in [0.15, 0.2) is 54.6 Å². The molecule has 2 unspecified atom stereocenters. The molecule has 3 rings (SSSR count). The molecule has 2 aromatic carbocycles. The van der Waals surface area contributed by atoms with E-state index in [-0.39, 0.29) is 23.7 Å². The number of ether oxygens (including phenoxy) is 1. The van der Waals surface area contributed by atoms with Gasteiger partial charge in [0.05, 0.1) is 30.2 Å². The van der Waals surface area contributed by atoms with Gasteiger partial charge in [0.2, 0.25) is 5.91 Å². The highest BCUT2D eigenvalue weighted by atomic mass is 16.6. The zero-order valence-corrected chi connectivity index (χ0v) is 17.3. The molecule has 2 aromatic rings. The van der Waals surface area contributed by atoms with Gasteiger partial charge in [-0.2, -0.15) is 0 Å². The van der Waals surface area contributed by atoms with E-state index in [1.54, 1.807) is 6.07 Å². The molecule has 0 spiro atoms. The van der Waals surface area contributed by atoms with Crippen LogP contribution in [0.2, 0.25) is 0 Å². The second-order valence-electron chi connectivity index (χ2n) is 7.71. The number of carbonyl (C=O) groups is 1. The van der Waals surface area contributed by atoms with Crippen LogP contribution in [0.1, 0.15) is 37.3 Å². The van der Waals surface area contributed by atoms with E-state index >= 15 is 0 Å². The number of non-ortho nitro benzene ring substituents is 1. The Balaban J connectivity index is 1.52. The highest BCUT2D eigenvalue weighted by Gasteiger charge is 2.29. The van der Waals surface area contributed by atoms with Gasteiger partial charge < -0.3 is 15.0 Å². The van der Waals surface area contributed by atoms with Crippen molar-refractivity contribution in [3.63, 3.8) is 0 Å². The molecule has 1 aliphatic rings. The molecule has 2 atom stereocenters. The van der Waals surface area contributed by atoms with Crippen LogP contribution in [0.5, 0.6) is 0 Å². The number of carbonyl (C=O) groups excluding carboxylic acids is 1. The lowest BCUT2D eigenvalue weighted by Crippen LogP contribution is -2.52. The zero-order chi connectivity index (χ0) is 21.3. The van der Waals surface area contributed by atoms with E-state index in [1.807, 2.05) is 48.2 Å². The van der Waals surface area contributed by atoms with Gasteiger partial charge in [-0.25, -0.2) is 0 Å². The van der Waals surface area contributed by atoms with E-state index in [9.17, 15) is 14.9 Å². The molecule has 0 aliphatic carbocycles. The summed E-state index contributed by atoms with van der Waals surface area (Å²) in [5.74, 6) is 0.0495. The van der Waals surface area contributed by atoms with Crippen molar-refractivity contribution >= 4 is 11.6 Å². The first kappa shape index (κ1) is 21.9. The monoisotopic (exact) mass is 411 g/mol. The summed E-state index contributed by atoms with van der Waals surface area (Å²) in [4.78, 5) is 25.5. The molecule has 7 nitrogen and oxygen atoms in total. The zero-order valence-electron chi connectivity index (χ0n) is 17.3. The van der Waals surface area contributed by atoms with Crippen LogP contribution in [0.4, 0.5) is 5.69 Å². The van der Waals surface area contributed by atoms with Crippen LogP contribution in [0.3, 0.4) is 0 Å². The first-order chi connectivity index (χ1) is 14.5. The minimum absolute atomic E-state index is 0.0495. The fourth-order valence-electron chi connectivity index (χ4n) is 3.74. The fraction of sp³-hybridized carbons (Fsp3) is 0.435. The Morgan fingerprint density at radius 1 is 1.20 bits per heavy atom. The summed E-state index contributed by atoms with van der Waals surface area (Å²) in [6.07, 6.45) is 3.04. The van der Waals surface area contributed by atoms with Crippen molar-refractivity contribution in [3.8, 4) is 0 Å². The Bertz CT molecular complexity index is 843. The lowest BCUT2D eigenvalue weighted by Gasteiger charge is -2.37. The van der Waals surface area contributed by atoms with Gasteiger partial charge in [-0.05, 0) is 37.3 Å². The summed E-state index contributed by atoms with van der Waals surface area (Å²) >= 11 is 0. The molecule has 0 aromatic heterocycles. The van der Waals surface area contributed by atoms with Crippen molar-refractivity contribution in [1.29, 1.82) is 0 Å². The average molecular weight is 412 g/mol. The molecule has 1 saturated heterocycles. The SMILES string of the molecule is CC(NCc1cccc([N+](=O)[O-])c1)C(=O)N1CCCCC1COCc1ccccc1. The molecule has 30 heavy (non-hydrogen) atoms. The van der Waals surface area contributed by atoms with Crippen molar-refractivity contribution in [2.45, 2.75) is 51.4 Å². The topological polar surface area (TPSA) is 84.7 Å². The molecule has 1 fully saturated rings. The van der Waals surface area contributed by atoms with E-state index in [0.717, 1.165) is 36.9 Å². The number of nitro groups is 1. The highest BCUT2D eigenvalue weighted by Crippen LogP contribution is 2.19. The van der Waals surface area contributed by atoms with Crippen molar-refractivity contribution in [2.75, 3.05) is 13.2 Å². The molecular weight excluding hydrogens is 382 g/mol. The lowest BCUT2D eigenvalue weighted by molar-refractivity contribution is -0.384. The van der Waals surface area contributed by atoms with Gasteiger partial charge in [0, 0.05) is 25.2 Å². The summed E-state index contributed by atoms with van der Waals surface area (Å²) in [6, 6.07) is 16.2. The van der Waals surface area contributed by atoms with Crippen molar-refractivity contribution in [2.24, 2.45) is 0 Å². The van der Waals surface area contributed by atoms with Crippen LogP contribution in [0.25, 0.3) is 0 Å². The number of nitrogens with one attached hydrogen (secondary N) is 1. The van der Waals surface area contributed by atoms with E-state index < -0.39 is 4.92 Å². The third-order valence-corrected chi connectivity index (χ3v) is 5.44. The first-order valence-corrected chi connectivity index (χ1v) is 10.4. The third-order valence-electron chi connectivity index (χ3n) is 5.44. The number of amides is 1. The Hall–Kier alpha value is -2.77. The summed E-state index contributed by atoms with van der Waals surface area (Å²) < 4.78 is 5.91. The maximum atomic E-state index is 13.0. The standard InChI is InChI=1S/C23H29N3O4/c1-18(24-15-20-10-7-12-21(14-20)26(28)29)23(27)25-13-6-5-11-22(25)17-30-16-19-8-3-2-4-9-19/h2-4,7-10,12,14,18,22,24H,5-6,11,13,15-17H2,1H3. The number of likely N-dealkylation sites (tertiary alicyclic amines) is 1. The minimum Gasteiger partial charge on any atom is -0.375 e. The summed E-state index contributed by atoms with van der Waals surface area (Å²) in [7, 11) is 0. The number of rotatable bonds is 9. The number of nitrogens with zero attached hydrogens (tertiary/aromatic N) is 2. The predicted molar refractivity (Wildman–Crippen MR) is 115 cm³/mol. The quantitative estimate of drug-likeness (QED) is 0.503. The normalized spacial score (nSPS) is 17.5. The number of hydrogen-bond acceptors (Lipinski definition) is 5. The van der Waals surface area contributed by atoms with Gasteiger partial charge >= 0.3 is 0 Å². The highest BCUT2D eigenvalue weighted by molar-refractivity contribution is 5.81. The van der Waals surface area contributed by atoms with Crippen LogP contribution in [-0.4, -0.2) is 41.0 Å². The number of nitro benzene ring substituents is 1. The van der Waals surface area contributed by atoms with Crippen molar-refractivity contribution in [3.05, 3.63) is 75.8 Å². The van der Waals surface area contributed by atoms with E-state index in [0.29, 0.717) is 19.8 Å². The maximum Gasteiger partial charge on any atom is 0.269 e. The first-order valence-electron chi connectivity index (χ1n) is 10.4. The largest absolute Gasteiger partial charge is 0.375 e. The second-order valence-corrected chi connectivity index (χ2v) is 7.71. The summed E-state index contributed by atoms with van der Waals surface area (Å²) in [5, 5.41) is 14.1. The molecule has 160 valence electrons. The molecule has 1 heterocycles. The minimum atomic E-state index is -0.411. The Kier molecular flexibility index (Phi) is 7.93. The molecule has 0 bridgehead atoms. The molecule has 1 aliphatic heterocycles. The second kappa shape index (κ2) is 10.8. The molecular formula is C23H29N3O4. The Morgan fingerprint density at radius 3 is 2.73 bits per heavy atom. The summed E-state index contributed by atoms with van der Waals surface area (Å²) in [5.41, 5.74) is 1.96. The third kappa shape index (κ3) is 6.11. The van der Waals surface area contributed by atoms with Gasteiger partial charge in [-0.15, -0.1) is 0 Å². The molecule has 0 saturated carbocycles. The van der Waals surface area contributed by atoms with Crippen LogP contribution in [-0.2, 0) is 22.7 Å². The summed E-state index contributed by atoms with van der Waals surface area (Å²) in [6.45, 7) is 4.05. The predicted octanol–water partition coefficient (Wildman–Crippen LogP) is 3.67.